The van der Waals surface area contributed by atoms with Crippen molar-refractivity contribution < 1.29 is 19.5 Å². The smallest absolute Gasteiger partial charge is 0.327 e. The minimum Gasteiger partial charge on any atom is -0.480 e. The van der Waals surface area contributed by atoms with Crippen LogP contribution in [0.4, 0.5) is 0 Å². The number of nitrogens with zero attached hydrogens (tertiary/aromatic N) is 2. The van der Waals surface area contributed by atoms with Crippen molar-refractivity contribution in [2.24, 2.45) is 23.7 Å². The zero-order valence-electron chi connectivity index (χ0n) is 11.7. The summed E-state index contributed by atoms with van der Waals surface area (Å²) in [5.74, 6) is -2.41. The molecule has 1 aliphatic heterocycles. The van der Waals surface area contributed by atoms with Crippen LogP contribution in [0.1, 0.15) is 12.1 Å². The van der Waals surface area contributed by atoms with Gasteiger partial charge in [0.2, 0.25) is 11.8 Å². The van der Waals surface area contributed by atoms with E-state index in [1.54, 1.807) is 0 Å². The van der Waals surface area contributed by atoms with Crippen LogP contribution in [0, 0.1) is 23.7 Å². The van der Waals surface area contributed by atoms with E-state index in [9.17, 15) is 19.5 Å². The molecule has 1 aromatic heterocycles. The maximum absolute atomic E-state index is 12.6. The Morgan fingerprint density at radius 2 is 1.95 bits per heavy atom. The summed E-state index contributed by atoms with van der Waals surface area (Å²) in [7, 11) is 0. The first-order valence-corrected chi connectivity index (χ1v) is 7.33. The molecule has 2 fully saturated rings. The Hall–Kier alpha value is -2.44. The van der Waals surface area contributed by atoms with Gasteiger partial charge in [-0.05, 0) is 18.3 Å². The number of H-pyrrole nitrogens is 1. The fourth-order valence-electron chi connectivity index (χ4n) is 4.13. The number of amides is 2. The zero-order chi connectivity index (χ0) is 15.4. The lowest BCUT2D eigenvalue weighted by atomic mass is 9.85. The molecule has 0 unspecified atom stereocenters. The van der Waals surface area contributed by atoms with Crippen LogP contribution in [-0.4, -0.2) is 43.8 Å². The molecule has 4 rings (SSSR count). The van der Waals surface area contributed by atoms with E-state index in [1.807, 2.05) is 12.2 Å². The van der Waals surface area contributed by atoms with E-state index >= 15 is 0 Å². The Labute approximate surface area is 126 Å². The van der Waals surface area contributed by atoms with Crippen molar-refractivity contribution in [1.82, 2.24) is 14.9 Å². The van der Waals surface area contributed by atoms with Gasteiger partial charge in [-0.1, -0.05) is 12.2 Å². The van der Waals surface area contributed by atoms with Crippen LogP contribution in [0.2, 0.25) is 0 Å². The summed E-state index contributed by atoms with van der Waals surface area (Å²) in [6.45, 7) is 0. The molecule has 0 aromatic carbocycles. The predicted octanol–water partition coefficient (Wildman–Crippen LogP) is 0.212. The highest BCUT2D eigenvalue weighted by Crippen LogP contribution is 2.52. The number of rotatable bonds is 4. The molecule has 1 saturated heterocycles. The van der Waals surface area contributed by atoms with Gasteiger partial charge in [0, 0.05) is 18.3 Å². The summed E-state index contributed by atoms with van der Waals surface area (Å²) in [6, 6.07) is -1.18. The Bertz CT molecular complexity index is 651. The molecule has 2 bridgehead atoms. The molecule has 2 aliphatic carbocycles. The third-order valence-electron chi connectivity index (χ3n) is 5.07. The highest BCUT2D eigenvalue weighted by molar-refractivity contribution is 6.08. The number of carboxylic acid groups (broad SMARTS) is 1. The van der Waals surface area contributed by atoms with Crippen LogP contribution in [-0.2, 0) is 20.8 Å². The van der Waals surface area contributed by atoms with E-state index in [0.717, 1.165) is 11.3 Å². The minimum absolute atomic E-state index is 0.0506. The van der Waals surface area contributed by atoms with E-state index in [1.165, 1.54) is 12.5 Å². The van der Waals surface area contributed by atoms with E-state index in [2.05, 4.69) is 9.97 Å². The molecule has 2 heterocycles. The molecule has 7 nitrogen and oxygen atoms in total. The summed E-state index contributed by atoms with van der Waals surface area (Å²) < 4.78 is 0. The van der Waals surface area contributed by atoms with Gasteiger partial charge in [-0.25, -0.2) is 9.78 Å². The third kappa shape index (κ3) is 1.68. The van der Waals surface area contributed by atoms with Crippen molar-refractivity contribution in [2.45, 2.75) is 18.9 Å². The van der Waals surface area contributed by atoms with Gasteiger partial charge in [0.25, 0.3) is 0 Å². The molecule has 0 radical (unpaired) electrons. The van der Waals surface area contributed by atoms with Gasteiger partial charge in [-0.15, -0.1) is 0 Å². The van der Waals surface area contributed by atoms with Crippen LogP contribution < -0.4 is 0 Å². The number of imide groups is 1. The number of nitrogens with one attached hydrogen (secondary N) is 1. The van der Waals surface area contributed by atoms with Gasteiger partial charge in [0.1, 0.15) is 6.04 Å². The van der Waals surface area contributed by atoms with E-state index in [-0.39, 0.29) is 41.9 Å². The molecule has 7 heteroatoms. The van der Waals surface area contributed by atoms with Crippen molar-refractivity contribution >= 4 is 17.8 Å². The Balaban J connectivity index is 1.65. The standard InChI is InChI=1S/C15H15N3O4/c19-13-11-7-1-2-8(3-7)12(11)14(20)18(13)10(15(21)22)4-9-5-16-6-17-9/h1-2,5-8,10-12H,3-4H2,(H,16,17)(H,21,22)/t7-,8-,10+,11-,12-/m0/s1. The van der Waals surface area contributed by atoms with Crippen LogP contribution in [0.3, 0.4) is 0 Å². The molecule has 2 amide bonds. The second-order valence-electron chi connectivity index (χ2n) is 6.18. The maximum Gasteiger partial charge on any atom is 0.327 e. The lowest BCUT2D eigenvalue weighted by molar-refractivity contribution is -0.155. The first-order chi connectivity index (χ1) is 10.6. The van der Waals surface area contributed by atoms with Gasteiger partial charge in [0.15, 0.2) is 0 Å². The fourth-order valence-corrected chi connectivity index (χ4v) is 4.13. The number of carbonyl (C=O) groups excluding carboxylic acids is 2. The lowest BCUT2D eigenvalue weighted by Crippen LogP contribution is -2.47. The number of aromatic nitrogens is 2. The molecule has 1 saturated carbocycles. The van der Waals surface area contributed by atoms with Crippen LogP contribution in [0.15, 0.2) is 24.7 Å². The number of hydrogen-bond acceptors (Lipinski definition) is 4. The second kappa shape index (κ2) is 4.53. The van der Waals surface area contributed by atoms with Crippen molar-refractivity contribution in [3.63, 3.8) is 0 Å². The average molecular weight is 301 g/mol. The summed E-state index contributed by atoms with van der Waals surface area (Å²) in [6.07, 6.45) is 7.82. The van der Waals surface area contributed by atoms with Crippen LogP contribution in [0.25, 0.3) is 0 Å². The van der Waals surface area contributed by atoms with Crippen LogP contribution >= 0.6 is 0 Å². The summed E-state index contributed by atoms with van der Waals surface area (Å²) in [4.78, 5) is 44.5. The quantitative estimate of drug-likeness (QED) is 0.611. The number of fused-ring (bicyclic) bond motifs is 5. The summed E-state index contributed by atoms with van der Waals surface area (Å²) >= 11 is 0. The van der Waals surface area contributed by atoms with E-state index in [0.29, 0.717) is 5.69 Å². The molecule has 22 heavy (non-hydrogen) atoms. The fraction of sp³-hybridized carbons (Fsp3) is 0.467. The van der Waals surface area contributed by atoms with E-state index < -0.39 is 12.0 Å². The maximum atomic E-state index is 12.6. The number of allylic oxidation sites excluding steroid dienone is 2. The summed E-state index contributed by atoms with van der Waals surface area (Å²) in [5, 5.41) is 9.48. The second-order valence-corrected chi connectivity index (χ2v) is 6.18. The highest BCUT2D eigenvalue weighted by Gasteiger charge is 2.61. The van der Waals surface area contributed by atoms with Gasteiger partial charge in [-0.3, -0.25) is 14.5 Å². The Kier molecular flexibility index (Phi) is 2.72. The SMILES string of the molecule is O=C(O)[C@@H](Cc1cnc[nH]1)N1C(=O)[C@@H]2[C@@H](C1=O)[C@H]1C=C[C@H]2C1. The van der Waals surface area contributed by atoms with Crippen molar-refractivity contribution in [3.05, 3.63) is 30.4 Å². The Morgan fingerprint density at radius 1 is 1.32 bits per heavy atom. The van der Waals surface area contributed by atoms with Crippen LogP contribution in [0.5, 0.6) is 0 Å². The van der Waals surface area contributed by atoms with Gasteiger partial charge in [-0.2, -0.15) is 0 Å². The monoisotopic (exact) mass is 301 g/mol. The summed E-state index contributed by atoms with van der Waals surface area (Å²) in [5.41, 5.74) is 0.589. The van der Waals surface area contributed by atoms with Gasteiger partial charge >= 0.3 is 5.97 Å². The zero-order valence-corrected chi connectivity index (χ0v) is 11.7. The number of imidazole rings is 1. The number of likely N-dealkylation sites (tertiary alicyclic amines) is 1. The van der Waals surface area contributed by atoms with Crippen molar-refractivity contribution in [1.29, 1.82) is 0 Å². The minimum atomic E-state index is -1.18. The molecule has 3 aliphatic rings. The number of carboxylic acids is 1. The van der Waals surface area contributed by atoms with Gasteiger partial charge in [0.05, 0.1) is 18.2 Å². The van der Waals surface area contributed by atoms with Crippen molar-refractivity contribution in [2.75, 3.05) is 0 Å². The third-order valence-corrected chi connectivity index (χ3v) is 5.07. The van der Waals surface area contributed by atoms with Crippen molar-refractivity contribution in [3.8, 4) is 0 Å². The highest BCUT2D eigenvalue weighted by atomic mass is 16.4. The predicted molar refractivity (Wildman–Crippen MR) is 73.3 cm³/mol. The molecular weight excluding hydrogens is 286 g/mol. The molecule has 1 aromatic rings. The largest absolute Gasteiger partial charge is 0.480 e. The number of aliphatic carboxylic acids is 1. The number of carbonyl (C=O) groups is 3. The molecular formula is C15H15N3O4. The topological polar surface area (TPSA) is 103 Å². The van der Waals surface area contributed by atoms with E-state index in [4.69, 9.17) is 0 Å². The molecule has 0 spiro atoms. The normalized spacial score (nSPS) is 33.5. The molecule has 114 valence electrons. The average Bonchev–Trinajstić information content (AvgIpc) is 3.23. The molecule has 2 N–H and O–H groups in total. The first kappa shape index (κ1) is 13.2. The Morgan fingerprint density at radius 3 is 2.45 bits per heavy atom. The first-order valence-electron chi connectivity index (χ1n) is 7.33. The van der Waals surface area contributed by atoms with Gasteiger partial charge < -0.3 is 10.1 Å². The lowest BCUT2D eigenvalue weighted by Gasteiger charge is -2.24. The molecule has 5 atom stereocenters. The number of aromatic amines is 1. The number of hydrogen-bond donors (Lipinski definition) is 2.